The van der Waals surface area contributed by atoms with Crippen LogP contribution in [0.25, 0.3) is 0 Å². The minimum Gasteiger partial charge on any atom is -0.494 e. The van der Waals surface area contributed by atoms with Gasteiger partial charge in [0, 0.05) is 14.1 Å². The van der Waals surface area contributed by atoms with Crippen LogP contribution in [-0.2, 0) is 14.1 Å². The molecule has 0 aliphatic carbocycles. The fraction of sp³-hybridized carbons (Fsp3) is 0.286. The second-order valence-corrected chi connectivity index (χ2v) is 2.82. The summed E-state index contributed by atoms with van der Waals surface area (Å²) in [5.74, 6) is -1.16. The van der Waals surface area contributed by atoms with Gasteiger partial charge in [-0.25, -0.2) is 4.79 Å². The monoisotopic (exact) mass is 198 g/mol. The third-order valence-corrected chi connectivity index (χ3v) is 1.90. The molecule has 1 aromatic rings. The molecule has 0 aliphatic rings. The molecule has 0 saturated heterocycles. The summed E-state index contributed by atoms with van der Waals surface area (Å²) in [6, 6.07) is 0. The standard InChI is InChI=1S/C7H10N4O3/c1-10-5(12)3(4(8)9)6(13)11(2)7(10)14/h12H,1-2H3,(H3,8,9). The van der Waals surface area contributed by atoms with Gasteiger partial charge in [-0.3, -0.25) is 19.3 Å². The first-order chi connectivity index (χ1) is 6.37. The van der Waals surface area contributed by atoms with Gasteiger partial charge < -0.3 is 10.8 Å². The van der Waals surface area contributed by atoms with Gasteiger partial charge in [-0.2, -0.15) is 0 Å². The van der Waals surface area contributed by atoms with Crippen molar-refractivity contribution < 1.29 is 5.11 Å². The lowest BCUT2D eigenvalue weighted by Crippen LogP contribution is -2.41. The Hall–Kier alpha value is -2.05. The minimum atomic E-state index is -0.780. The molecule has 14 heavy (non-hydrogen) atoms. The van der Waals surface area contributed by atoms with Crippen LogP contribution in [-0.4, -0.2) is 20.1 Å². The highest BCUT2D eigenvalue weighted by atomic mass is 16.3. The van der Waals surface area contributed by atoms with Crippen LogP contribution in [0, 0.1) is 5.41 Å². The number of rotatable bonds is 1. The van der Waals surface area contributed by atoms with Crippen molar-refractivity contribution in [2.75, 3.05) is 0 Å². The van der Waals surface area contributed by atoms with Crippen molar-refractivity contribution in [2.24, 2.45) is 19.8 Å². The summed E-state index contributed by atoms with van der Waals surface area (Å²) >= 11 is 0. The highest BCUT2D eigenvalue weighted by Crippen LogP contribution is 2.06. The largest absolute Gasteiger partial charge is 0.494 e. The SMILES string of the molecule is Cn1c(O)c(C(=N)N)c(=O)n(C)c1=O. The molecule has 0 amide bonds. The average molecular weight is 198 g/mol. The Labute approximate surface area is 78.5 Å². The van der Waals surface area contributed by atoms with Crippen LogP contribution in [0.3, 0.4) is 0 Å². The first kappa shape index (κ1) is 10.0. The summed E-state index contributed by atoms with van der Waals surface area (Å²) in [6.45, 7) is 0. The zero-order valence-electron chi connectivity index (χ0n) is 7.74. The van der Waals surface area contributed by atoms with Gasteiger partial charge in [-0.05, 0) is 0 Å². The van der Waals surface area contributed by atoms with Gasteiger partial charge >= 0.3 is 5.69 Å². The van der Waals surface area contributed by atoms with Crippen molar-refractivity contribution in [2.45, 2.75) is 0 Å². The van der Waals surface area contributed by atoms with E-state index in [1.165, 1.54) is 14.1 Å². The van der Waals surface area contributed by atoms with Crippen molar-refractivity contribution in [1.29, 1.82) is 5.41 Å². The fourth-order valence-corrected chi connectivity index (χ4v) is 1.07. The van der Waals surface area contributed by atoms with E-state index in [0.29, 0.717) is 0 Å². The molecule has 0 aliphatic heterocycles. The number of aromatic hydroxyl groups is 1. The molecule has 0 atom stereocenters. The van der Waals surface area contributed by atoms with Crippen LogP contribution in [0.4, 0.5) is 0 Å². The normalized spacial score (nSPS) is 10.1. The zero-order chi connectivity index (χ0) is 11.0. The maximum Gasteiger partial charge on any atom is 0.333 e. The Bertz CT molecular complexity index is 511. The van der Waals surface area contributed by atoms with Gasteiger partial charge in [-0.15, -0.1) is 0 Å². The number of nitrogens with two attached hydrogens (primary N) is 1. The number of amidine groups is 1. The van der Waals surface area contributed by atoms with E-state index in [1.807, 2.05) is 0 Å². The number of hydrogen-bond acceptors (Lipinski definition) is 4. The molecule has 1 aromatic heterocycles. The summed E-state index contributed by atoms with van der Waals surface area (Å²) < 4.78 is 1.62. The molecule has 7 nitrogen and oxygen atoms in total. The van der Waals surface area contributed by atoms with Crippen molar-refractivity contribution in [3.05, 3.63) is 26.4 Å². The molecule has 0 bridgehead atoms. The Kier molecular flexibility index (Phi) is 2.16. The number of nitrogens with one attached hydrogen (secondary N) is 1. The van der Waals surface area contributed by atoms with Crippen LogP contribution in [0.2, 0.25) is 0 Å². The minimum absolute atomic E-state index is 0.366. The number of aromatic nitrogens is 2. The molecular formula is C7H10N4O3. The van der Waals surface area contributed by atoms with Gasteiger partial charge in [0.25, 0.3) is 5.56 Å². The molecule has 1 rings (SSSR count). The smallest absolute Gasteiger partial charge is 0.333 e. The lowest BCUT2D eigenvalue weighted by Gasteiger charge is -2.08. The highest BCUT2D eigenvalue weighted by Gasteiger charge is 2.16. The first-order valence-corrected chi connectivity index (χ1v) is 3.71. The number of nitrogens with zero attached hydrogens (tertiary/aromatic N) is 2. The van der Waals surface area contributed by atoms with Gasteiger partial charge in [0.15, 0.2) is 0 Å². The van der Waals surface area contributed by atoms with Crippen molar-refractivity contribution in [3.8, 4) is 5.88 Å². The Balaban J connectivity index is 3.88. The predicted molar refractivity (Wildman–Crippen MR) is 49.6 cm³/mol. The van der Waals surface area contributed by atoms with E-state index in [0.717, 1.165) is 9.13 Å². The average Bonchev–Trinajstić information content (AvgIpc) is 2.11. The van der Waals surface area contributed by atoms with Crippen LogP contribution in [0.1, 0.15) is 5.56 Å². The lowest BCUT2D eigenvalue weighted by molar-refractivity contribution is 0.410. The molecule has 0 unspecified atom stereocenters. The van der Waals surface area contributed by atoms with Crippen LogP contribution < -0.4 is 17.0 Å². The van der Waals surface area contributed by atoms with Gasteiger partial charge in [0.2, 0.25) is 5.88 Å². The van der Waals surface area contributed by atoms with E-state index in [-0.39, 0.29) is 5.56 Å². The van der Waals surface area contributed by atoms with E-state index >= 15 is 0 Å². The molecule has 7 heteroatoms. The van der Waals surface area contributed by atoms with Gasteiger partial charge in [0.05, 0.1) is 0 Å². The van der Waals surface area contributed by atoms with E-state index in [1.54, 1.807) is 0 Å². The third kappa shape index (κ3) is 1.18. The van der Waals surface area contributed by atoms with E-state index in [2.05, 4.69) is 0 Å². The van der Waals surface area contributed by atoms with Gasteiger partial charge in [0.1, 0.15) is 11.4 Å². The Morgan fingerprint density at radius 1 is 1.36 bits per heavy atom. The molecule has 4 N–H and O–H groups in total. The predicted octanol–water partition coefficient (Wildman–Crippen LogP) is -1.93. The molecule has 0 fully saturated rings. The van der Waals surface area contributed by atoms with Crippen LogP contribution >= 0.6 is 0 Å². The second-order valence-electron chi connectivity index (χ2n) is 2.82. The molecule has 0 saturated carbocycles. The topological polar surface area (TPSA) is 114 Å². The van der Waals surface area contributed by atoms with Crippen molar-refractivity contribution in [3.63, 3.8) is 0 Å². The van der Waals surface area contributed by atoms with E-state index in [4.69, 9.17) is 11.1 Å². The third-order valence-electron chi connectivity index (χ3n) is 1.90. The molecule has 76 valence electrons. The second kappa shape index (κ2) is 3.02. The number of nitrogen functional groups attached to an aromatic ring is 1. The molecule has 0 radical (unpaired) electrons. The number of hydrogen-bond donors (Lipinski definition) is 3. The zero-order valence-corrected chi connectivity index (χ0v) is 7.74. The summed E-state index contributed by atoms with van der Waals surface area (Å²) in [6.07, 6.45) is 0. The maximum atomic E-state index is 11.4. The summed E-state index contributed by atoms with van der Waals surface area (Å²) in [7, 11) is 2.53. The van der Waals surface area contributed by atoms with E-state index < -0.39 is 23.0 Å². The molecular weight excluding hydrogens is 188 g/mol. The summed E-state index contributed by atoms with van der Waals surface area (Å²) in [5.41, 5.74) is 3.28. The lowest BCUT2D eigenvalue weighted by atomic mass is 10.3. The van der Waals surface area contributed by atoms with Crippen LogP contribution in [0.5, 0.6) is 5.88 Å². The van der Waals surface area contributed by atoms with Crippen molar-refractivity contribution in [1.82, 2.24) is 9.13 Å². The van der Waals surface area contributed by atoms with Crippen LogP contribution in [0.15, 0.2) is 9.59 Å². The van der Waals surface area contributed by atoms with Crippen molar-refractivity contribution >= 4 is 5.84 Å². The maximum absolute atomic E-state index is 11.4. The van der Waals surface area contributed by atoms with Gasteiger partial charge in [-0.1, -0.05) is 0 Å². The first-order valence-electron chi connectivity index (χ1n) is 3.71. The Morgan fingerprint density at radius 3 is 2.29 bits per heavy atom. The quantitative estimate of drug-likeness (QED) is 0.360. The summed E-state index contributed by atoms with van der Waals surface area (Å²) in [5, 5.41) is 16.5. The molecule has 0 spiro atoms. The fourth-order valence-electron chi connectivity index (χ4n) is 1.07. The molecule has 1 heterocycles. The Morgan fingerprint density at radius 2 is 1.86 bits per heavy atom. The highest BCUT2D eigenvalue weighted by molar-refractivity contribution is 5.96. The summed E-state index contributed by atoms with van der Waals surface area (Å²) in [4.78, 5) is 22.6. The van der Waals surface area contributed by atoms with E-state index in [9.17, 15) is 14.7 Å². The molecule has 0 aromatic carbocycles.